The van der Waals surface area contributed by atoms with Gasteiger partial charge in [0.1, 0.15) is 0 Å². The SMILES string of the molecule is COc1cc(NC2CCCC2OC)ccn1. The molecule has 1 aliphatic carbocycles. The molecular weight excluding hydrogens is 204 g/mol. The average Bonchev–Trinajstić information content (AvgIpc) is 2.76. The molecule has 0 spiro atoms. The van der Waals surface area contributed by atoms with Crippen molar-refractivity contribution in [2.24, 2.45) is 0 Å². The van der Waals surface area contributed by atoms with Gasteiger partial charge in [0.25, 0.3) is 0 Å². The number of rotatable bonds is 4. The van der Waals surface area contributed by atoms with Crippen molar-refractivity contribution < 1.29 is 9.47 Å². The highest BCUT2D eigenvalue weighted by Gasteiger charge is 2.26. The minimum Gasteiger partial charge on any atom is -0.481 e. The monoisotopic (exact) mass is 222 g/mol. The van der Waals surface area contributed by atoms with Gasteiger partial charge in [0, 0.05) is 25.1 Å². The molecule has 2 rings (SSSR count). The zero-order chi connectivity index (χ0) is 11.4. The zero-order valence-corrected chi connectivity index (χ0v) is 9.77. The van der Waals surface area contributed by atoms with Gasteiger partial charge in [-0.2, -0.15) is 0 Å². The lowest BCUT2D eigenvalue weighted by atomic mass is 10.2. The number of anilines is 1. The normalized spacial score (nSPS) is 24.4. The van der Waals surface area contributed by atoms with Gasteiger partial charge in [-0.15, -0.1) is 0 Å². The van der Waals surface area contributed by atoms with Gasteiger partial charge < -0.3 is 14.8 Å². The van der Waals surface area contributed by atoms with Crippen LogP contribution in [0.1, 0.15) is 19.3 Å². The Morgan fingerprint density at radius 1 is 1.38 bits per heavy atom. The second-order valence-electron chi connectivity index (χ2n) is 4.04. The van der Waals surface area contributed by atoms with Crippen LogP contribution in [0.4, 0.5) is 5.69 Å². The van der Waals surface area contributed by atoms with Crippen molar-refractivity contribution in [3.8, 4) is 5.88 Å². The van der Waals surface area contributed by atoms with E-state index in [9.17, 15) is 0 Å². The molecule has 0 amide bonds. The summed E-state index contributed by atoms with van der Waals surface area (Å²) in [5.41, 5.74) is 1.04. The van der Waals surface area contributed by atoms with E-state index in [-0.39, 0.29) is 0 Å². The topological polar surface area (TPSA) is 43.4 Å². The molecule has 1 aromatic rings. The summed E-state index contributed by atoms with van der Waals surface area (Å²) in [4.78, 5) is 4.08. The molecule has 0 aliphatic heterocycles. The summed E-state index contributed by atoms with van der Waals surface area (Å²) in [7, 11) is 3.40. The van der Waals surface area contributed by atoms with E-state index >= 15 is 0 Å². The largest absolute Gasteiger partial charge is 0.481 e. The van der Waals surface area contributed by atoms with Gasteiger partial charge in [0.15, 0.2) is 0 Å². The number of pyridine rings is 1. The third kappa shape index (κ3) is 2.44. The van der Waals surface area contributed by atoms with Crippen molar-refractivity contribution in [3.63, 3.8) is 0 Å². The summed E-state index contributed by atoms with van der Waals surface area (Å²) in [6, 6.07) is 4.26. The average molecular weight is 222 g/mol. The lowest BCUT2D eigenvalue weighted by molar-refractivity contribution is 0.101. The number of nitrogens with zero attached hydrogens (tertiary/aromatic N) is 1. The maximum Gasteiger partial charge on any atom is 0.214 e. The van der Waals surface area contributed by atoms with Crippen LogP contribution in [-0.4, -0.2) is 31.3 Å². The third-order valence-electron chi connectivity index (χ3n) is 3.05. The van der Waals surface area contributed by atoms with Crippen molar-refractivity contribution in [2.75, 3.05) is 19.5 Å². The smallest absolute Gasteiger partial charge is 0.214 e. The van der Waals surface area contributed by atoms with E-state index in [1.165, 1.54) is 6.42 Å². The van der Waals surface area contributed by atoms with Crippen LogP contribution >= 0.6 is 0 Å². The number of hydrogen-bond donors (Lipinski definition) is 1. The molecule has 1 fully saturated rings. The summed E-state index contributed by atoms with van der Waals surface area (Å²) in [6.07, 6.45) is 5.58. The molecule has 1 heterocycles. The number of aromatic nitrogens is 1. The molecule has 4 nitrogen and oxygen atoms in total. The standard InChI is InChI=1S/C12H18N2O2/c1-15-11-5-3-4-10(11)14-9-6-7-13-12(8-9)16-2/h6-8,10-11H,3-5H2,1-2H3,(H,13,14). The van der Waals surface area contributed by atoms with Gasteiger partial charge in [0.2, 0.25) is 5.88 Å². The molecule has 0 saturated heterocycles. The van der Waals surface area contributed by atoms with Crippen LogP contribution in [0.2, 0.25) is 0 Å². The minimum atomic E-state index is 0.319. The fourth-order valence-corrected chi connectivity index (χ4v) is 2.20. The lowest BCUT2D eigenvalue weighted by Gasteiger charge is -2.20. The fourth-order valence-electron chi connectivity index (χ4n) is 2.20. The Morgan fingerprint density at radius 3 is 3.00 bits per heavy atom. The van der Waals surface area contributed by atoms with Crippen molar-refractivity contribution in [2.45, 2.75) is 31.4 Å². The van der Waals surface area contributed by atoms with Gasteiger partial charge in [-0.1, -0.05) is 0 Å². The molecule has 0 bridgehead atoms. The highest BCUT2D eigenvalue weighted by atomic mass is 16.5. The maximum absolute atomic E-state index is 5.44. The van der Waals surface area contributed by atoms with Gasteiger partial charge in [0.05, 0.1) is 19.3 Å². The second-order valence-corrected chi connectivity index (χ2v) is 4.04. The number of nitrogens with one attached hydrogen (secondary N) is 1. The van der Waals surface area contributed by atoms with Crippen molar-refractivity contribution in [3.05, 3.63) is 18.3 Å². The molecule has 16 heavy (non-hydrogen) atoms. The zero-order valence-electron chi connectivity index (χ0n) is 9.77. The van der Waals surface area contributed by atoms with E-state index in [1.54, 1.807) is 20.4 Å². The molecule has 4 heteroatoms. The lowest BCUT2D eigenvalue weighted by Crippen LogP contribution is -2.29. The van der Waals surface area contributed by atoms with Crippen LogP contribution in [0.15, 0.2) is 18.3 Å². The number of hydrogen-bond acceptors (Lipinski definition) is 4. The van der Waals surface area contributed by atoms with Gasteiger partial charge >= 0.3 is 0 Å². The molecule has 1 saturated carbocycles. The molecule has 2 atom stereocenters. The van der Waals surface area contributed by atoms with Crippen LogP contribution in [-0.2, 0) is 4.74 Å². The first-order chi connectivity index (χ1) is 7.83. The quantitative estimate of drug-likeness (QED) is 0.847. The van der Waals surface area contributed by atoms with E-state index in [4.69, 9.17) is 9.47 Å². The van der Waals surface area contributed by atoms with Crippen molar-refractivity contribution >= 4 is 5.69 Å². The van der Waals surface area contributed by atoms with Crippen LogP contribution in [0.25, 0.3) is 0 Å². The van der Waals surface area contributed by atoms with E-state index in [2.05, 4.69) is 10.3 Å². The van der Waals surface area contributed by atoms with Gasteiger partial charge in [-0.3, -0.25) is 0 Å². The molecule has 2 unspecified atom stereocenters. The first kappa shape index (κ1) is 11.2. The Hall–Kier alpha value is -1.29. The number of ether oxygens (including phenoxy) is 2. The maximum atomic E-state index is 5.44. The van der Waals surface area contributed by atoms with E-state index < -0.39 is 0 Å². The molecule has 1 aliphatic rings. The van der Waals surface area contributed by atoms with Gasteiger partial charge in [-0.25, -0.2) is 4.98 Å². The Kier molecular flexibility index (Phi) is 3.62. The summed E-state index contributed by atoms with van der Waals surface area (Å²) in [5, 5.41) is 3.47. The fraction of sp³-hybridized carbons (Fsp3) is 0.583. The Balaban J connectivity index is 2.02. The Bertz CT molecular complexity index is 344. The predicted octanol–water partition coefficient (Wildman–Crippen LogP) is 2.07. The first-order valence-corrected chi connectivity index (χ1v) is 5.63. The summed E-state index contributed by atoms with van der Waals surface area (Å²) < 4.78 is 10.5. The summed E-state index contributed by atoms with van der Waals surface area (Å²) in [5.74, 6) is 0.636. The van der Waals surface area contributed by atoms with E-state index in [1.807, 2.05) is 12.1 Å². The molecule has 1 N–H and O–H groups in total. The predicted molar refractivity (Wildman–Crippen MR) is 62.8 cm³/mol. The highest BCUT2D eigenvalue weighted by Crippen LogP contribution is 2.25. The molecule has 0 aromatic carbocycles. The first-order valence-electron chi connectivity index (χ1n) is 5.63. The highest BCUT2D eigenvalue weighted by molar-refractivity contribution is 5.46. The van der Waals surface area contributed by atoms with Crippen LogP contribution in [0.5, 0.6) is 5.88 Å². The molecule has 88 valence electrons. The van der Waals surface area contributed by atoms with E-state index in [0.717, 1.165) is 18.5 Å². The number of methoxy groups -OCH3 is 2. The molecular formula is C12H18N2O2. The van der Waals surface area contributed by atoms with Crippen LogP contribution in [0, 0.1) is 0 Å². The second kappa shape index (κ2) is 5.16. The van der Waals surface area contributed by atoms with Crippen LogP contribution in [0.3, 0.4) is 0 Å². The molecule has 1 aromatic heterocycles. The minimum absolute atomic E-state index is 0.319. The van der Waals surface area contributed by atoms with Crippen molar-refractivity contribution in [1.29, 1.82) is 0 Å². The Morgan fingerprint density at radius 2 is 2.25 bits per heavy atom. The van der Waals surface area contributed by atoms with Crippen molar-refractivity contribution in [1.82, 2.24) is 4.98 Å². The summed E-state index contributed by atoms with van der Waals surface area (Å²) in [6.45, 7) is 0. The summed E-state index contributed by atoms with van der Waals surface area (Å²) >= 11 is 0. The Labute approximate surface area is 96.0 Å². The van der Waals surface area contributed by atoms with Crippen LogP contribution < -0.4 is 10.1 Å². The van der Waals surface area contributed by atoms with E-state index in [0.29, 0.717) is 18.0 Å². The third-order valence-corrected chi connectivity index (χ3v) is 3.05. The van der Waals surface area contributed by atoms with Gasteiger partial charge in [-0.05, 0) is 25.3 Å². The molecule has 0 radical (unpaired) electrons.